The van der Waals surface area contributed by atoms with Crippen molar-refractivity contribution >= 4 is 52.9 Å². The predicted molar refractivity (Wildman–Crippen MR) is 144 cm³/mol. The highest BCUT2D eigenvalue weighted by atomic mass is 35.5. The minimum atomic E-state index is -0.933. The summed E-state index contributed by atoms with van der Waals surface area (Å²) in [5.74, 6) is 0.297. The number of methoxy groups -OCH3 is 1. The largest absolute Gasteiger partial charge is 0.489 e. The highest BCUT2D eigenvalue weighted by Gasteiger charge is 2.38. The number of halogens is 2. The lowest BCUT2D eigenvalue weighted by Crippen LogP contribution is -2.53. The molecular weight excluding hydrogens is 539 g/mol. The van der Waals surface area contributed by atoms with Gasteiger partial charge in [0.1, 0.15) is 30.0 Å². The van der Waals surface area contributed by atoms with E-state index in [4.69, 9.17) is 37.4 Å². The Bertz CT molecular complexity index is 1100. The third-order valence-electron chi connectivity index (χ3n) is 5.42. The van der Waals surface area contributed by atoms with E-state index < -0.39 is 35.7 Å². The third kappa shape index (κ3) is 8.18. The first-order chi connectivity index (χ1) is 17.5. The van der Waals surface area contributed by atoms with Gasteiger partial charge in [-0.15, -0.1) is 11.8 Å². The minimum Gasteiger partial charge on any atom is -0.489 e. The van der Waals surface area contributed by atoms with Crippen LogP contribution in [0.1, 0.15) is 31.9 Å². The Balaban J connectivity index is 1.63. The Labute approximate surface area is 230 Å². The van der Waals surface area contributed by atoms with Gasteiger partial charge in [-0.3, -0.25) is 9.69 Å². The van der Waals surface area contributed by atoms with Gasteiger partial charge >= 0.3 is 12.1 Å². The summed E-state index contributed by atoms with van der Waals surface area (Å²) < 4.78 is 16.1. The van der Waals surface area contributed by atoms with Crippen LogP contribution < -0.4 is 10.1 Å². The average molecular weight is 570 g/mol. The molecule has 1 saturated heterocycles. The molecule has 37 heavy (non-hydrogen) atoms. The van der Waals surface area contributed by atoms with Gasteiger partial charge in [0.25, 0.3) is 0 Å². The number of thioether (sulfide) groups is 1. The molecule has 1 aliphatic rings. The van der Waals surface area contributed by atoms with Gasteiger partial charge in [-0.2, -0.15) is 0 Å². The second-order valence-electron chi connectivity index (χ2n) is 9.39. The first-order valence-corrected chi connectivity index (χ1v) is 13.5. The molecule has 2 aromatic carbocycles. The number of nitrogens with one attached hydrogen (secondary N) is 1. The first kappa shape index (κ1) is 28.9. The number of esters is 1. The standard InChI is InChI=1S/C26H30Cl2N2O6S/c1-26(2,3)36-25(33)30-15-37-14-22(30)23(31)29-21(24(32)34-4)12-16-8-10-17(11-9-16)35-13-18-19(27)6-5-7-20(18)28/h5-11,21-22H,12-15H2,1-4H3,(H,29,31)/t21-,22-/m0/s1. The van der Waals surface area contributed by atoms with Crippen molar-refractivity contribution in [2.75, 3.05) is 18.7 Å². The van der Waals surface area contributed by atoms with Crippen molar-refractivity contribution in [3.05, 3.63) is 63.6 Å². The van der Waals surface area contributed by atoms with Gasteiger partial charge in [-0.05, 0) is 50.6 Å². The normalized spacial score (nSPS) is 16.2. The molecule has 0 radical (unpaired) electrons. The molecule has 0 aromatic heterocycles. The Morgan fingerprint density at radius 2 is 1.76 bits per heavy atom. The summed E-state index contributed by atoms with van der Waals surface area (Å²) in [6.45, 7) is 5.49. The van der Waals surface area contributed by atoms with Crippen molar-refractivity contribution < 1.29 is 28.6 Å². The highest BCUT2D eigenvalue weighted by molar-refractivity contribution is 7.99. The van der Waals surface area contributed by atoms with Crippen molar-refractivity contribution in [3.63, 3.8) is 0 Å². The van der Waals surface area contributed by atoms with Crippen molar-refractivity contribution in [1.82, 2.24) is 10.2 Å². The van der Waals surface area contributed by atoms with Gasteiger partial charge in [0.15, 0.2) is 0 Å². The van der Waals surface area contributed by atoms with Crippen LogP contribution in [0, 0.1) is 0 Å². The fraction of sp³-hybridized carbons (Fsp3) is 0.423. The van der Waals surface area contributed by atoms with E-state index in [0.717, 1.165) is 5.56 Å². The molecule has 2 aromatic rings. The second kappa shape index (κ2) is 12.8. The van der Waals surface area contributed by atoms with Crippen LogP contribution >= 0.6 is 35.0 Å². The van der Waals surface area contributed by atoms with Crippen molar-refractivity contribution in [3.8, 4) is 5.75 Å². The molecule has 8 nitrogen and oxygen atoms in total. The summed E-state index contributed by atoms with van der Waals surface area (Å²) in [6, 6.07) is 10.7. The molecule has 1 fully saturated rings. The molecule has 3 rings (SSSR count). The predicted octanol–water partition coefficient (Wildman–Crippen LogP) is 5.08. The molecule has 2 atom stereocenters. The van der Waals surface area contributed by atoms with Crippen molar-refractivity contribution in [1.29, 1.82) is 0 Å². The number of amides is 2. The van der Waals surface area contributed by atoms with Crippen LogP contribution in [0.3, 0.4) is 0 Å². The number of hydrogen-bond acceptors (Lipinski definition) is 7. The first-order valence-electron chi connectivity index (χ1n) is 11.6. The van der Waals surface area contributed by atoms with Crippen LogP contribution in [0.2, 0.25) is 10.0 Å². The van der Waals surface area contributed by atoms with Crippen LogP contribution in [0.25, 0.3) is 0 Å². The van der Waals surface area contributed by atoms with E-state index in [-0.39, 0.29) is 13.0 Å². The number of ether oxygens (including phenoxy) is 3. The summed E-state index contributed by atoms with van der Waals surface area (Å²) in [5.41, 5.74) is 0.785. The highest BCUT2D eigenvalue weighted by Crippen LogP contribution is 2.27. The topological polar surface area (TPSA) is 94.2 Å². The van der Waals surface area contributed by atoms with E-state index in [1.807, 2.05) is 0 Å². The molecule has 11 heteroatoms. The van der Waals surface area contributed by atoms with E-state index in [1.54, 1.807) is 63.2 Å². The molecule has 200 valence electrons. The third-order valence-corrected chi connectivity index (χ3v) is 7.14. The Morgan fingerprint density at radius 1 is 1.11 bits per heavy atom. The zero-order chi connectivity index (χ0) is 27.2. The number of benzene rings is 2. The molecule has 1 N–H and O–H groups in total. The number of carbonyl (C=O) groups is 3. The van der Waals surface area contributed by atoms with Crippen molar-refractivity contribution in [2.45, 2.75) is 51.5 Å². The molecule has 1 heterocycles. The Morgan fingerprint density at radius 3 is 2.35 bits per heavy atom. The van der Waals surface area contributed by atoms with Gasteiger partial charge in [-0.1, -0.05) is 41.4 Å². The maximum Gasteiger partial charge on any atom is 0.411 e. The van der Waals surface area contributed by atoms with E-state index >= 15 is 0 Å². The molecule has 2 amide bonds. The van der Waals surface area contributed by atoms with Crippen LogP contribution in [0.5, 0.6) is 5.75 Å². The number of carbonyl (C=O) groups excluding carboxylic acids is 3. The molecular formula is C26H30Cl2N2O6S. The van der Waals surface area contributed by atoms with E-state index in [0.29, 0.717) is 33.0 Å². The smallest absolute Gasteiger partial charge is 0.411 e. The molecule has 0 unspecified atom stereocenters. The Kier molecular flexibility index (Phi) is 9.98. The zero-order valence-electron chi connectivity index (χ0n) is 21.1. The lowest BCUT2D eigenvalue weighted by atomic mass is 10.1. The summed E-state index contributed by atoms with van der Waals surface area (Å²) >= 11 is 13.8. The molecule has 0 spiro atoms. The maximum absolute atomic E-state index is 13.1. The van der Waals surface area contributed by atoms with Gasteiger partial charge in [0.05, 0.1) is 13.0 Å². The summed E-state index contributed by atoms with van der Waals surface area (Å²) in [4.78, 5) is 39.4. The van der Waals surface area contributed by atoms with Gasteiger partial charge in [-0.25, -0.2) is 9.59 Å². The van der Waals surface area contributed by atoms with E-state index in [2.05, 4.69) is 5.32 Å². The van der Waals surface area contributed by atoms with Crippen LogP contribution in [0.15, 0.2) is 42.5 Å². The van der Waals surface area contributed by atoms with Gasteiger partial charge < -0.3 is 19.5 Å². The summed E-state index contributed by atoms with van der Waals surface area (Å²) in [6.07, 6.45) is -0.373. The fourth-order valence-electron chi connectivity index (χ4n) is 3.55. The van der Waals surface area contributed by atoms with Crippen LogP contribution in [-0.4, -0.2) is 59.3 Å². The summed E-state index contributed by atoms with van der Waals surface area (Å²) in [5, 5.41) is 3.78. The van der Waals surface area contributed by atoms with E-state index in [1.165, 1.54) is 23.8 Å². The molecule has 1 aliphatic heterocycles. The lowest BCUT2D eigenvalue weighted by molar-refractivity contribution is -0.145. The molecule has 0 aliphatic carbocycles. The monoisotopic (exact) mass is 568 g/mol. The lowest BCUT2D eigenvalue weighted by Gasteiger charge is -2.28. The number of hydrogen-bond donors (Lipinski definition) is 1. The average Bonchev–Trinajstić information content (AvgIpc) is 3.33. The van der Waals surface area contributed by atoms with E-state index in [9.17, 15) is 14.4 Å². The van der Waals surface area contributed by atoms with Crippen molar-refractivity contribution in [2.24, 2.45) is 0 Å². The van der Waals surface area contributed by atoms with Crippen LogP contribution in [-0.2, 0) is 32.1 Å². The maximum atomic E-state index is 13.1. The minimum absolute atomic E-state index is 0.196. The fourth-order valence-corrected chi connectivity index (χ4v) is 5.20. The number of nitrogens with zero attached hydrogens (tertiary/aromatic N) is 1. The summed E-state index contributed by atoms with van der Waals surface area (Å²) in [7, 11) is 1.26. The van der Waals surface area contributed by atoms with Crippen LogP contribution in [0.4, 0.5) is 4.79 Å². The molecule has 0 saturated carbocycles. The van der Waals surface area contributed by atoms with Gasteiger partial charge in [0.2, 0.25) is 5.91 Å². The Hall–Kier alpha value is -2.62. The zero-order valence-corrected chi connectivity index (χ0v) is 23.4. The quantitative estimate of drug-likeness (QED) is 0.443. The number of rotatable bonds is 8. The second-order valence-corrected chi connectivity index (χ2v) is 11.2. The van der Waals surface area contributed by atoms with Gasteiger partial charge in [0, 0.05) is 27.8 Å². The SMILES string of the molecule is COC(=O)[C@H](Cc1ccc(OCc2c(Cl)cccc2Cl)cc1)NC(=O)[C@@H]1CSCN1C(=O)OC(C)(C)C. The molecule has 0 bridgehead atoms.